The fourth-order valence-corrected chi connectivity index (χ4v) is 1.63. The maximum Gasteiger partial charge on any atom is 0.346 e. The van der Waals surface area contributed by atoms with Gasteiger partial charge in [-0.2, -0.15) is 0 Å². The predicted octanol–water partition coefficient (Wildman–Crippen LogP) is 0.885. The minimum absolute atomic E-state index is 0.241. The number of nitrogens with two attached hydrogens (primary N) is 1. The van der Waals surface area contributed by atoms with Gasteiger partial charge in [0, 0.05) is 11.6 Å². The highest BCUT2D eigenvalue weighted by Crippen LogP contribution is 2.22. The molecule has 0 fully saturated rings. The van der Waals surface area contributed by atoms with Crippen molar-refractivity contribution >= 4 is 22.8 Å². The van der Waals surface area contributed by atoms with Gasteiger partial charge in [0.1, 0.15) is 5.75 Å². The lowest BCUT2D eigenvalue weighted by Crippen LogP contribution is -2.20. The molecule has 0 aliphatic rings. The van der Waals surface area contributed by atoms with Crippen molar-refractivity contribution in [1.29, 1.82) is 0 Å². The lowest BCUT2D eigenvalue weighted by Gasteiger charge is -2.06. The Morgan fingerprint density at radius 3 is 2.79 bits per heavy atom. The summed E-state index contributed by atoms with van der Waals surface area (Å²) in [6, 6.07) is 6.59. The summed E-state index contributed by atoms with van der Waals surface area (Å²) < 4.78 is 9.69. The van der Waals surface area contributed by atoms with Crippen molar-refractivity contribution in [1.82, 2.24) is 4.98 Å². The first-order chi connectivity index (χ1) is 9.15. The second kappa shape index (κ2) is 5.45. The van der Waals surface area contributed by atoms with Crippen molar-refractivity contribution in [2.45, 2.75) is 0 Å². The van der Waals surface area contributed by atoms with Gasteiger partial charge in [0.25, 0.3) is 0 Å². The smallest absolute Gasteiger partial charge is 0.346 e. The molecule has 1 aromatic heterocycles. The first-order valence-electron chi connectivity index (χ1n) is 5.53. The number of methoxy groups -OCH3 is 1. The second-order valence-electron chi connectivity index (χ2n) is 3.71. The molecule has 6 heteroatoms. The van der Waals surface area contributed by atoms with E-state index in [1.54, 1.807) is 18.2 Å². The van der Waals surface area contributed by atoms with Crippen LogP contribution in [0, 0.1) is 0 Å². The highest BCUT2D eigenvalue weighted by atomic mass is 16.6. The largest absolute Gasteiger partial charge is 0.497 e. The summed E-state index contributed by atoms with van der Waals surface area (Å²) in [7, 11) is 1.52. The zero-order valence-electron chi connectivity index (χ0n) is 10.3. The van der Waals surface area contributed by atoms with Gasteiger partial charge in [-0.15, -0.1) is 0 Å². The molecule has 0 aliphatic heterocycles. The SMILES string of the molecule is COc1ccc2nccc(C(=O)OC(=O)CN)c2c1. The van der Waals surface area contributed by atoms with E-state index in [-0.39, 0.29) is 12.1 Å². The first kappa shape index (κ1) is 13.0. The molecule has 98 valence electrons. The van der Waals surface area contributed by atoms with Gasteiger partial charge in [0.2, 0.25) is 0 Å². The summed E-state index contributed by atoms with van der Waals surface area (Å²) in [5.74, 6) is -0.950. The molecule has 0 aliphatic carbocycles. The van der Waals surface area contributed by atoms with E-state index in [1.807, 2.05) is 0 Å². The van der Waals surface area contributed by atoms with Crippen LogP contribution in [0.4, 0.5) is 0 Å². The minimum atomic E-state index is -0.780. The third-order valence-corrected chi connectivity index (χ3v) is 2.54. The highest BCUT2D eigenvalue weighted by molar-refractivity contribution is 6.06. The van der Waals surface area contributed by atoms with E-state index in [4.69, 9.17) is 10.5 Å². The summed E-state index contributed by atoms with van der Waals surface area (Å²) in [5.41, 5.74) is 5.95. The minimum Gasteiger partial charge on any atom is -0.497 e. The van der Waals surface area contributed by atoms with Gasteiger partial charge in [-0.1, -0.05) is 0 Å². The summed E-state index contributed by atoms with van der Waals surface area (Å²) in [6.07, 6.45) is 1.47. The van der Waals surface area contributed by atoms with Crippen molar-refractivity contribution < 1.29 is 19.1 Å². The number of ether oxygens (including phenoxy) is 2. The standard InChI is InChI=1S/C13H12N2O4/c1-18-8-2-3-11-10(6-8)9(4-5-15-11)13(17)19-12(16)7-14/h2-6H,7,14H2,1H3. The number of hydrogen-bond acceptors (Lipinski definition) is 6. The van der Waals surface area contributed by atoms with Crippen molar-refractivity contribution in [2.75, 3.05) is 13.7 Å². The molecule has 0 amide bonds. The number of carbonyl (C=O) groups is 2. The molecule has 0 saturated heterocycles. The highest BCUT2D eigenvalue weighted by Gasteiger charge is 2.15. The van der Waals surface area contributed by atoms with Crippen LogP contribution in [0.2, 0.25) is 0 Å². The van der Waals surface area contributed by atoms with Gasteiger partial charge < -0.3 is 15.2 Å². The molecule has 6 nitrogen and oxygen atoms in total. The fourth-order valence-electron chi connectivity index (χ4n) is 1.63. The zero-order valence-corrected chi connectivity index (χ0v) is 10.3. The third-order valence-electron chi connectivity index (χ3n) is 2.54. The Bertz CT molecular complexity index is 640. The van der Waals surface area contributed by atoms with E-state index < -0.39 is 11.9 Å². The number of esters is 2. The quantitative estimate of drug-likeness (QED) is 0.650. The maximum atomic E-state index is 11.9. The predicted molar refractivity (Wildman–Crippen MR) is 67.8 cm³/mol. The van der Waals surface area contributed by atoms with E-state index in [1.165, 1.54) is 19.4 Å². The van der Waals surface area contributed by atoms with Crippen LogP contribution >= 0.6 is 0 Å². The molecule has 1 aromatic carbocycles. The van der Waals surface area contributed by atoms with E-state index >= 15 is 0 Å². The number of carbonyl (C=O) groups excluding carboxylic acids is 2. The van der Waals surface area contributed by atoms with Crippen LogP contribution in [0.15, 0.2) is 30.5 Å². The molecule has 19 heavy (non-hydrogen) atoms. The number of aromatic nitrogens is 1. The molecule has 2 rings (SSSR count). The summed E-state index contributed by atoms with van der Waals surface area (Å²) >= 11 is 0. The molecule has 0 spiro atoms. The lowest BCUT2D eigenvalue weighted by molar-refractivity contribution is -0.136. The Morgan fingerprint density at radius 2 is 2.11 bits per heavy atom. The van der Waals surface area contributed by atoms with Gasteiger partial charge in [0.15, 0.2) is 0 Å². The fraction of sp³-hybridized carbons (Fsp3) is 0.154. The molecular weight excluding hydrogens is 248 g/mol. The molecule has 0 bridgehead atoms. The van der Waals surface area contributed by atoms with Gasteiger partial charge in [0.05, 0.1) is 24.7 Å². The van der Waals surface area contributed by atoms with E-state index in [0.29, 0.717) is 16.7 Å². The maximum absolute atomic E-state index is 11.9. The van der Waals surface area contributed by atoms with Gasteiger partial charge in [-0.3, -0.25) is 9.78 Å². The lowest BCUT2D eigenvalue weighted by atomic mass is 10.1. The molecule has 2 N–H and O–H groups in total. The van der Waals surface area contributed by atoms with Gasteiger partial charge in [-0.05, 0) is 24.3 Å². The van der Waals surface area contributed by atoms with E-state index in [2.05, 4.69) is 9.72 Å². The van der Waals surface area contributed by atoms with Gasteiger partial charge in [-0.25, -0.2) is 4.79 Å². The van der Waals surface area contributed by atoms with Crippen LogP contribution in [0.1, 0.15) is 10.4 Å². The van der Waals surface area contributed by atoms with Gasteiger partial charge >= 0.3 is 11.9 Å². The Kier molecular flexibility index (Phi) is 3.72. The van der Waals surface area contributed by atoms with Crippen molar-refractivity contribution in [3.05, 3.63) is 36.0 Å². The number of fused-ring (bicyclic) bond motifs is 1. The molecule has 0 atom stereocenters. The molecule has 1 heterocycles. The average Bonchev–Trinajstić information content (AvgIpc) is 2.45. The molecular formula is C13H12N2O4. The van der Waals surface area contributed by atoms with Crippen molar-refractivity contribution in [3.63, 3.8) is 0 Å². The van der Waals surface area contributed by atoms with E-state index in [9.17, 15) is 9.59 Å². The Labute approximate surface area is 109 Å². The van der Waals surface area contributed by atoms with Crippen LogP contribution in [-0.4, -0.2) is 30.6 Å². The number of pyridine rings is 1. The average molecular weight is 260 g/mol. The molecule has 0 saturated carbocycles. The van der Waals surface area contributed by atoms with Crippen LogP contribution in [0.5, 0.6) is 5.75 Å². The van der Waals surface area contributed by atoms with E-state index in [0.717, 1.165) is 0 Å². The Hall–Kier alpha value is -2.47. The third kappa shape index (κ3) is 2.69. The molecule has 0 radical (unpaired) electrons. The zero-order chi connectivity index (χ0) is 13.8. The van der Waals surface area contributed by atoms with Crippen LogP contribution in [0.3, 0.4) is 0 Å². The number of rotatable bonds is 3. The normalized spacial score (nSPS) is 10.2. The molecule has 2 aromatic rings. The summed E-state index contributed by atoms with van der Waals surface area (Å²) in [6.45, 7) is -0.349. The monoisotopic (exact) mass is 260 g/mol. The second-order valence-corrected chi connectivity index (χ2v) is 3.71. The topological polar surface area (TPSA) is 91.5 Å². The van der Waals surface area contributed by atoms with Crippen LogP contribution in [-0.2, 0) is 9.53 Å². The Morgan fingerprint density at radius 1 is 1.32 bits per heavy atom. The Balaban J connectivity index is 2.47. The molecule has 0 unspecified atom stereocenters. The van der Waals surface area contributed by atoms with Crippen molar-refractivity contribution in [2.24, 2.45) is 5.73 Å². The van der Waals surface area contributed by atoms with Crippen LogP contribution < -0.4 is 10.5 Å². The first-order valence-corrected chi connectivity index (χ1v) is 5.53. The number of hydrogen-bond donors (Lipinski definition) is 1. The summed E-state index contributed by atoms with van der Waals surface area (Å²) in [4.78, 5) is 27.0. The van der Waals surface area contributed by atoms with Crippen molar-refractivity contribution in [3.8, 4) is 5.75 Å². The number of nitrogens with zero attached hydrogens (tertiary/aromatic N) is 1. The number of benzene rings is 1. The summed E-state index contributed by atoms with van der Waals surface area (Å²) in [5, 5.41) is 0.552. The van der Waals surface area contributed by atoms with Crippen LogP contribution in [0.25, 0.3) is 10.9 Å².